The first-order chi connectivity index (χ1) is 9.20. The summed E-state index contributed by atoms with van der Waals surface area (Å²) in [6.07, 6.45) is 1.38. The summed E-state index contributed by atoms with van der Waals surface area (Å²) in [6.45, 7) is 1.63. The van der Waals surface area contributed by atoms with Gasteiger partial charge in [-0.05, 0) is 18.2 Å². The number of hydrogen-bond donors (Lipinski definition) is 1. The highest BCUT2D eigenvalue weighted by atomic mass is 19.1. The monoisotopic (exact) mass is 268 g/mol. The molecule has 0 bridgehead atoms. The Labute approximate surface area is 109 Å². The van der Waals surface area contributed by atoms with E-state index in [1.807, 2.05) is 0 Å². The molecule has 0 aliphatic heterocycles. The topological polar surface area (TPSA) is 47.3 Å². The van der Waals surface area contributed by atoms with Crippen LogP contribution in [0.25, 0.3) is 11.3 Å². The summed E-state index contributed by atoms with van der Waals surface area (Å²) in [7, 11) is 1.61. The third kappa shape index (κ3) is 3.59. The Morgan fingerprint density at radius 3 is 3.00 bits per heavy atom. The van der Waals surface area contributed by atoms with E-state index in [2.05, 4.69) is 10.3 Å². The van der Waals surface area contributed by atoms with Crippen LogP contribution >= 0.6 is 0 Å². The number of nitrogens with one attached hydrogen (secondary N) is 1. The Bertz CT molecular complexity index is 543. The number of aromatic nitrogens is 1. The maximum atomic E-state index is 13.5. The summed E-state index contributed by atoms with van der Waals surface area (Å²) in [5, 5.41) is 3.04. The van der Waals surface area contributed by atoms with Crippen molar-refractivity contribution in [3.63, 3.8) is 0 Å². The van der Waals surface area contributed by atoms with Crippen molar-refractivity contribution in [2.75, 3.05) is 20.3 Å². The lowest BCUT2D eigenvalue weighted by atomic mass is 10.2. The second-order valence-corrected chi connectivity index (χ2v) is 3.91. The SMILES string of the molecule is COCCNCc1ncc(-c2cc(F)ccc2F)o1. The van der Waals surface area contributed by atoms with E-state index in [1.165, 1.54) is 6.20 Å². The Kier molecular flexibility index (Phi) is 4.59. The summed E-state index contributed by atoms with van der Waals surface area (Å²) in [5.74, 6) is -0.445. The van der Waals surface area contributed by atoms with Gasteiger partial charge in [-0.3, -0.25) is 0 Å². The molecule has 0 radical (unpaired) electrons. The lowest BCUT2D eigenvalue weighted by molar-refractivity contribution is 0.198. The molecule has 1 aromatic carbocycles. The number of ether oxygens (including phenoxy) is 1. The van der Waals surface area contributed by atoms with Gasteiger partial charge in [0.05, 0.1) is 24.9 Å². The molecule has 1 heterocycles. The summed E-state index contributed by atoms with van der Waals surface area (Å²) in [5.41, 5.74) is 0.0654. The Morgan fingerprint density at radius 1 is 1.37 bits per heavy atom. The first kappa shape index (κ1) is 13.6. The molecular formula is C13H14F2N2O2. The maximum absolute atomic E-state index is 13.5. The smallest absolute Gasteiger partial charge is 0.208 e. The van der Waals surface area contributed by atoms with Gasteiger partial charge in [0.15, 0.2) is 5.76 Å². The molecule has 0 unspecified atom stereocenters. The summed E-state index contributed by atoms with van der Waals surface area (Å²) in [4.78, 5) is 4.00. The number of oxazole rings is 1. The van der Waals surface area contributed by atoms with Gasteiger partial charge in [-0.2, -0.15) is 0 Å². The molecule has 0 spiro atoms. The number of hydrogen-bond acceptors (Lipinski definition) is 4. The van der Waals surface area contributed by atoms with Crippen LogP contribution in [0.1, 0.15) is 5.89 Å². The van der Waals surface area contributed by atoms with Crippen molar-refractivity contribution in [1.29, 1.82) is 0 Å². The van der Waals surface area contributed by atoms with Gasteiger partial charge in [0, 0.05) is 13.7 Å². The van der Waals surface area contributed by atoms with Crippen molar-refractivity contribution in [2.45, 2.75) is 6.54 Å². The van der Waals surface area contributed by atoms with Gasteiger partial charge in [0.1, 0.15) is 11.6 Å². The fourth-order valence-corrected chi connectivity index (χ4v) is 1.57. The Morgan fingerprint density at radius 2 is 2.21 bits per heavy atom. The van der Waals surface area contributed by atoms with E-state index in [0.717, 1.165) is 18.2 Å². The quantitative estimate of drug-likeness (QED) is 0.817. The highest BCUT2D eigenvalue weighted by Crippen LogP contribution is 2.24. The standard InChI is InChI=1S/C13H14F2N2O2/c1-18-5-4-16-8-13-17-7-12(19-13)10-6-9(14)2-3-11(10)15/h2-3,6-7,16H,4-5,8H2,1H3. The predicted molar refractivity (Wildman–Crippen MR) is 65.4 cm³/mol. The molecular weight excluding hydrogens is 254 g/mol. The average molecular weight is 268 g/mol. The molecule has 19 heavy (non-hydrogen) atoms. The van der Waals surface area contributed by atoms with Gasteiger partial charge in [-0.15, -0.1) is 0 Å². The third-order valence-electron chi connectivity index (χ3n) is 2.51. The number of rotatable bonds is 6. The zero-order valence-electron chi connectivity index (χ0n) is 10.5. The molecule has 0 saturated carbocycles. The van der Waals surface area contributed by atoms with Gasteiger partial charge < -0.3 is 14.5 Å². The van der Waals surface area contributed by atoms with Crippen LogP contribution in [0.5, 0.6) is 0 Å². The van der Waals surface area contributed by atoms with Gasteiger partial charge in [0.2, 0.25) is 5.89 Å². The molecule has 2 aromatic rings. The van der Waals surface area contributed by atoms with Crippen LogP contribution in [0, 0.1) is 11.6 Å². The minimum absolute atomic E-state index is 0.0654. The molecule has 0 aliphatic carbocycles. The molecule has 0 amide bonds. The Hall–Kier alpha value is -1.79. The van der Waals surface area contributed by atoms with E-state index in [0.29, 0.717) is 25.6 Å². The van der Waals surface area contributed by atoms with Crippen LogP contribution in [-0.4, -0.2) is 25.2 Å². The molecule has 0 aliphatic rings. The minimum Gasteiger partial charge on any atom is -0.439 e. The first-order valence-corrected chi connectivity index (χ1v) is 5.80. The van der Waals surface area contributed by atoms with Crippen LogP contribution in [-0.2, 0) is 11.3 Å². The number of halogens is 2. The normalized spacial score (nSPS) is 10.9. The lowest BCUT2D eigenvalue weighted by Gasteiger charge is -2.01. The zero-order valence-corrected chi connectivity index (χ0v) is 10.5. The summed E-state index contributed by atoms with van der Waals surface area (Å²) >= 11 is 0. The molecule has 0 fully saturated rings. The Balaban J connectivity index is 2.06. The molecule has 4 nitrogen and oxygen atoms in total. The van der Waals surface area contributed by atoms with Crippen molar-refractivity contribution in [1.82, 2.24) is 10.3 Å². The number of methoxy groups -OCH3 is 1. The molecule has 0 atom stereocenters. The molecule has 1 N–H and O–H groups in total. The van der Waals surface area contributed by atoms with E-state index in [4.69, 9.17) is 9.15 Å². The highest BCUT2D eigenvalue weighted by Gasteiger charge is 2.11. The van der Waals surface area contributed by atoms with Crippen LogP contribution in [0.4, 0.5) is 8.78 Å². The van der Waals surface area contributed by atoms with Gasteiger partial charge in [0.25, 0.3) is 0 Å². The van der Waals surface area contributed by atoms with Crippen LogP contribution in [0.3, 0.4) is 0 Å². The number of nitrogens with zero attached hydrogens (tertiary/aromatic N) is 1. The van der Waals surface area contributed by atoms with Gasteiger partial charge in [-0.25, -0.2) is 13.8 Å². The first-order valence-electron chi connectivity index (χ1n) is 5.80. The second kappa shape index (κ2) is 6.40. The van der Waals surface area contributed by atoms with E-state index in [1.54, 1.807) is 7.11 Å². The minimum atomic E-state index is -0.545. The second-order valence-electron chi connectivity index (χ2n) is 3.91. The molecule has 2 rings (SSSR count). The van der Waals surface area contributed by atoms with Crippen LogP contribution in [0.15, 0.2) is 28.8 Å². The van der Waals surface area contributed by atoms with Crippen LogP contribution in [0.2, 0.25) is 0 Å². The molecule has 102 valence electrons. The molecule has 6 heteroatoms. The van der Waals surface area contributed by atoms with Crippen molar-refractivity contribution in [2.24, 2.45) is 0 Å². The van der Waals surface area contributed by atoms with Gasteiger partial charge in [-0.1, -0.05) is 0 Å². The van der Waals surface area contributed by atoms with E-state index < -0.39 is 11.6 Å². The highest BCUT2D eigenvalue weighted by molar-refractivity contribution is 5.57. The van der Waals surface area contributed by atoms with Crippen LogP contribution < -0.4 is 5.32 Å². The number of benzene rings is 1. The molecule has 0 saturated heterocycles. The zero-order chi connectivity index (χ0) is 13.7. The van der Waals surface area contributed by atoms with Crippen molar-refractivity contribution >= 4 is 0 Å². The lowest BCUT2D eigenvalue weighted by Crippen LogP contribution is -2.18. The summed E-state index contributed by atoms with van der Waals surface area (Å²) < 4.78 is 36.8. The fraction of sp³-hybridized carbons (Fsp3) is 0.308. The van der Waals surface area contributed by atoms with Crippen molar-refractivity contribution < 1.29 is 17.9 Å². The van der Waals surface area contributed by atoms with Gasteiger partial charge >= 0.3 is 0 Å². The summed E-state index contributed by atoms with van der Waals surface area (Å²) in [6, 6.07) is 3.20. The average Bonchev–Trinajstić information content (AvgIpc) is 2.86. The maximum Gasteiger partial charge on any atom is 0.208 e. The predicted octanol–water partition coefficient (Wildman–Crippen LogP) is 2.36. The fourth-order valence-electron chi connectivity index (χ4n) is 1.57. The third-order valence-corrected chi connectivity index (χ3v) is 2.51. The van der Waals surface area contributed by atoms with Crippen molar-refractivity contribution in [3.05, 3.63) is 41.9 Å². The van der Waals surface area contributed by atoms with E-state index in [9.17, 15) is 8.78 Å². The van der Waals surface area contributed by atoms with Crippen molar-refractivity contribution in [3.8, 4) is 11.3 Å². The largest absolute Gasteiger partial charge is 0.439 e. The molecule has 1 aromatic heterocycles. The van der Waals surface area contributed by atoms with E-state index >= 15 is 0 Å². The van der Waals surface area contributed by atoms with E-state index in [-0.39, 0.29) is 11.3 Å².